The molecule has 0 radical (unpaired) electrons. The minimum atomic E-state index is -4.42. The fourth-order valence-electron chi connectivity index (χ4n) is 3.61. The molecule has 1 aliphatic rings. The molecule has 5 rings (SSSR count). The number of hydrogen-bond donors (Lipinski definition) is 1. The Labute approximate surface area is 184 Å². The third-order valence-electron chi connectivity index (χ3n) is 5.21. The molecule has 1 amide bonds. The first kappa shape index (κ1) is 20.7. The van der Waals surface area contributed by atoms with Gasteiger partial charge in [-0.2, -0.15) is 18.3 Å². The van der Waals surface area contributed by atoms with E-state index in [4.69, 9.17) is 9.72 Å². The van der Waals surface area contributed by atoms with Crippen molar-refractivity contribution >= 4 is 43.6 Å². The van der Waals surface area contributed by atoms with E-state index in [1.807, 2.05) is 13.0 Å². The third kappa shape index (κ3) is 3.99. The largest absolute Gasteiger partial charge is 0.484 e. The minimum Gasteiger partial charge on any atom is -0.484 e. The van der Waals surface area contributed by atoms with E-state index in [1.54, 1.807) is 17.8 Å². The van der Waals surface area contributed by atoms with E-state index in [1.165, 1.54) is 12.1 Å². The summed E-state index contributed by atoms with van der Waals surface area (Å²) in [5.41, 5.74) is 3.28. The topological polar surface area (TPSA) is 81.9 Å². The van der Waals surface area contributed by atoms with Crippen LogP contribution < -0.4 is 10.1 Å². The van der Waals surface area contributed by atoms with Gasteiger partial charge in [0.2, 0.25) is 0 Å². The summed E-state index contributed by atoms with van der Waals surface area (Å²) in [6, 6.07) is 6.29. The van der Waals surface area contributed by atoms with Crippen LogP contribution in [0.3, 0.4) is 0 Å². The van der Waals surface area contributed by atoms with Gasteiger partial charge >= 0.3 is 6.18 Å². The first-order chi connectivity index (χ1) is 15.2. The van der Waals surface area contributed by atoms with Crippen LogP contribution in [-0.2, 0) is 7.05 Å². The number of carbonyl (C=O) groups is 1. The Kier molecular flexibility index (Phi) is 4.81. The number of fused-ring (bicyclic) bond motifs is 2. The van der Waals surface area contributed by atoms with Crippen LogP contribution in [0, 0.1) is 6.92 Å². The molecule has 166 valence electrons. The van der Waals surface area contributed by atoms with Gasteiger partial charge in [-0.05, 0) is 44.0 Å². The molecule has 3 aromatic heterocycles. The number of anilines is 1. The molecule has 7 nitrogen and oxygen atoms in total. The zero-order valence-electron chi connectivity index (χ0n) is 17.2. The summed E-state index contributed by atoms with van der Waals surface area (Å²) in [6.45, 7) is 0.463. The van der Waals surface area contributed by atoms with Crippen LogP contribution in [0.15, 0.2) is 24.3 Å². The molecule has 0 spiro atoms. The number of carbonyl (C=O) groups excluding carboxylic acids is 1. The Morgan fingerprint density at radius 3 is 2.78 bits per heavy atom. The second-order valence-electron chi connectivity index (χ2n) is 7.78. The van der Waals surface area contributed by atoms with Gasteiger partial charge in [0, 0.05) is 18.7 Å². The highest BCUT2D eigenvalue weighted by atomic mass is 32.1. The Morgan fingerprint density at radius 1 is 1.28 bits per heavy atom. The van der Waals surface area contributed by atoms with Crippen molar-refractivity contribution < 1.29 is 22.7 Å². The van der Waals surface area contributed by atoms with Gasteiger partial charge in [0.1, 0.15) is 5.75 Å². The first-order valence-electron chi connectivity index (χ1n) is 9.94. The molecular formula is C21H18F3N5O2S. The lowest BCUT2D eigenvalue weighted by molar-refractivity contribution is -0.153. The molecule has 0 saturated heterocycles. The number of ether oxygens (including phenoxy) is 1. The van der Waals surface area contributed by atoms with Gasteiger partial charge in [0.05, 0.1) is 26.9 Å². The number of aryl methyl sites for hydroxylation is 2. The van der Waals surface area contributed by atoms with Crippen molar-refractivity contribution in [2.45, 2.75) is 31.9 Å². The predicted octanol–water partition coefficient (Wildman–Crippen LogP) is 4.96. The summed E-state index contributed by atoms with van der Waals surface area (Å²) in [5, 5.41) is 8.27. The monoisotopic (exact) mass is 461 g/mol. The number of thiazole rings is 1. The van der Waals surface area contributed by atoms with E-state index < -0.39 is 12.8 Å². The average Bonchev–Trinajstić information content (AvgIpc) is 3.44. The van der Waals surface area contributed by atoms with E-state index in [-0.39, 0.29) is 11.7 Å². The maximum absolute atomic E-state index is 13.2. The zero-order chi connectivity index (χ0) is 22.6. The van der Waals surface area contributed by atoms with Gasteiger partial charge in [0.15, 0.2) is 17.4 Å². The van der Waals surface area contributed by atoms with Gasteiger partial charge < -0.3 is 4.74 Å². The highest BCUT2D eigenvalue weighted by Crippen LogP contribution is 2.40. The third-order valence-corrected chi connectivity index (χ3v) is 6.15. The van der Waals surface area contributed by atoms with Crippen LogP contribution in [-0.4, -0.2) is 38.4 Å². The van der Waals surface area contributed by atoms with Crippen molar-refractivity contribution in [3.63, 3.8) is 0 Å². The van der Waals surface area contributed by atoms with Crippen LogP contribution in [0.4, 0.5) is 18.3 Å². The molecule has 3 heterocycles. The molecule has 0 aliphatic heterocycles. The van der Waals surface area contributed by atoms with Crippen LogP contribution in [0.5, 0.6) is 5.75 Å². The molecule has 1 aromatic carbocycles. The van der Waals surface area contributed by atoms with Gasteiger partial charge in [-0.15, -0.1) is 0 Å². The van der Waals surface area contributed by atoms with E-state index >= 15 is 0 Å². The second kappa shape index (κ2) is 7.44. The number of hydrogen-bond acceptors (Lipinski definition) is 6. The number of nitrogens with zero attached hydrogens (tertiary/aromatic N) is 4. The number of rotatable bonds is 5. The summed E-state index contributed by atoms with van der Waals surface area (Å²) in [4.78, 5) is 22.3. The lowest BCUT2D eigenvalue weighted by Gasteiger charge is -2.08. The van der Waals surface area contributed by atoms with Crippen molar-refractivity contribution in [2.24, 2.45) is 7.05 Å². The number of benzene rings is 1. The number of aromatic nitrogens is 4. The highest BCUT2D eigenvalue weighted by Gasteiger charge is 2.29. The molecule has 1 N–H and O–H groups in total. The molecule has 32 heavy (non-hydrogen) atoms. The van der Waals surface area contributed by atoms with Gasteiger partial charge in [-0.1, -0.05) is 11.3 Å². The Balaban J connectivity index is 1.44. The molecule has 1 saturated carbocycles. The van der Waals surface area contributed by atoms with Crippen molar-refractivity contribution in [3.05, 3.63) is 41.2 Å². The normalized spacial score (nSPS) is 14.3. The lowest BCUT2D eigenvalue weighted by Crippen LogP contribution is -2.19. The summed E-state index contributed by atoms with van der Waals surface area (Å²) >= 11 is 1.16. The summed E-state index contributed by atoms with van der Waals surface area (Å²) in [5.74, 6) is 0.119. The van der Waals surface area contributed by atoms with Crippen LogP contribution in [0.2, 0.25) is 0 Å². The molecule has 0 atom stereocenters. The average molecular weight is 461 g/mol. The fourth-order valence-corrected chi connectivity index (χ4v) is 4.50. The molecule has 0 bridgehead atoms. The van der Waals surface area contributed by atoms with Crippen molar-refractivity contribution in [3.8, 4) is 5.75 Å². The SMILES string of the molecule is Cc1nn(C)c2nc(C3CC3)cc(C(=O)Nc3nc4ccc(OCC(F)(F)F)cc4s3)c12. The molecule has 1 aliphatic carbocycles. The quantitative estimate of drug-likeness (QED) is 0.455. The molecule has 1 fully saturated rings. The summed E-state index contributed by atoms with van der Waals surface area (Å²) in [7, 11) is 1.80. The maximum atomic E-state index is 13.2. The minimum absolute atomic E-state index is 0.0900. The van der Waals surface area contributed by atoms with Gasteiger partial charge in [0.25, 0.3) is 5.91 Å². The maximum Gasteiger partial charge on any atom is 0.422 e. The number of pyridine rings is 1. The molecule has 4 aromatic rings. The lowest BCUT2D eigenvalue weighted by atomic mass is 10.1. The Bertz CT molecular complexity index is 1360. The first-order valence-corrected chi connectivity index (χ1v) is 10.8. The Morgan fingerprint density at radius 2 is 2.06 bits per heavy atom. The fraction of sp³-hybridized carbons (Fsp3) is 0.333. The second-order valence-corrected chi connectivity index (χ2v) is 8.81. The predicted molar refractivity (Wildman–Crippen MR) is 114 cm³/mol. The van der Waals surface area contributed by atoms with E-state index in [2.05, 4.69) is 15.4 Å². The number of halogens is 3. The van der Waals surface area contributed by atoms with Crippen molar-refractivity contribution in [1.82, 2.24) is 19.7 Å². The highest BCUT2D eigenvalue weighted by molar-refractivity contribution is 7.22. The number of alkyl halides is 3. The Hall–Kier alpha value is -3.21. The van der Waals surface area contributed by atoms with Gasteiger partial charge in [-0.3, -0.25) is 14.8 Å². The molecule has 0 unspecified atom stereocenters. The smallest absolute Gasteiger partial charge is 0.422 e. The number of nitrogens with one attached hydrogen (secondary N) is 1. The van der Waals surface area contributed by atoms with Crippen LogP contribution in [0.1, 0.15) is 40.5 Å². The molecular weight excluding hydrogens is 443 g/mol. The standard InChI is InChI=1S/C21H18F3N5O2S/c1-10-17-13(8-15(11-3-4-11)25-18(17)29(2)28-10)19(30)27-20-26-14-6-5-12(7-16(14)32-20)31-9-21(22,23)24/h5-8,11H,3-4,9H2,1-2H3,(H,26,27,30). The van der Waals surface area contributed by atoms with Crippen LogP contribution in [0.25, 0.3) is 21.3 Å². The zero-order valence-corrected chi connectivity index (χ0v) is 18.0. The van der Waals surface area contributed by atoms with E-state index in [0.29, 0.717) is 43.6 Å². The number of amides is 1. The molecule has 11 heteroatoms. The van der Waals surface area contributed by atoms with Crippen molar-refractivity contribution in [1.29, 1.82) is 0 Å². The summed E-state index contributed by atoms with van der Waals surface area (Å²) < 4.78 is 44.3. The van der Waals surface area contributed by atoms with E-state index in [0.717, 1.165) is 29.9 Å². The summed E-state index contributed by atoms with van der Waals surface area (Å²) in [6.07, 6.45) is -2.32. The van der Waals surface area contributed by atoms with E-state index in [9.17, 15) is 18.0 Å². The van der Waals surface area contributed by atoms with Crippen molar-refractivity contribution in [2.75, 3.05) is 11.9 Å². The van der Waals surface area contributed by atoms with Gasteiger partial charge in [-0.25, -0.2) is 9.97 Å². The van der Waals surface area contributed by atoms with Crippen LogP contribution >= 0.6 is 11.3 Å².